The third-order valence-electron chi connectivity index (χ3n) is 11.7. The number of hydrogen-bond acceptors (Lipinski definition) is 2. The maximum Gasteiger partial charge on any atom is 0.0626 e. The molecule has 0 spiro atoms. The third kappa shape index (κ3) is 5.03. The SMILES string of the molecule is c1ccc(N(c2ccccc2)c2ccc(-c3cc4c5c(cccc5c3)-c3c-4c4cc(-c5ccc6c(c5)sc5ccccc56)ccc4n3-c3ccccc3)cc2)cc1. The van der Waals surface area contributed by atoms with Gasteiger partial charge in [-0.2, -0.15) is 0 Å². The van der Waals surface area contributed by atoms with Crippen molar-refractivity contribution in [2.45, 2.75) is 0 Å². The van der Waals surface area contributed by atoms with E-state index in [0.717, 1.165) is 17.1 Å². The number of aromatic nitrogens is 1. The lowest BCUT2D eigenvalue weighted by Gasteiger charge is -2.25. The molecule has 9 aromatic carbocycles. The Hall–Kier alpha value is -7.20. The minimum atomic E-state index is 1.12. The molecule has 0 saturated carbocycles. The standard InChI is InChI=1S/C54H34N2S/c1-4-14-40(15-5-1)55(41-16-6-2-7-17-41)43-27-23-35(24-28-43)39-31-38-13-12-21-46-52(38)48(33-39)53-47-32-36(26-30-49(47)56(54(46)53)42-18-8-3-9-19-42)37-25-29-45-44-20-10-11-22-50(44)57-51(45)34-37/h1-34H. The molecule has 12 rings (SSSR count). The summed E-state index contributed by atoms with van der Waals surface area (Å²) in [5.41, 5.74) is 15.8. The number of benzene rings is 9. The van der Waals surface area contributed by atoms with E-state index in [0.29, 0.717) is 0 Å². The van der Waals surface area contributed by atoms with Crippen molar-refractivity contribution in [2.75, 3.05) is 4.90 Å². The summed E-state index contributed by atoms with van der Waals surface area (Å²) in [6, 6.07) is 75.5. The quantitative estimate of drug-likeness (QED) is 0.165. The highest BCUT2D eigenvalue weighted by Gasteiger charge is 2.30. The van der Waals surface area contributed by atoms with Gasteiger partial charge in [0.25, 0.3) is 0 Å². The fourth-order valence-electron chi connectivity index (χ4n) is 9.14. The molecule has 3 heteroatoms. The molecule has 57 heavy (non-hydrogen) atoms. The van der Waals surface area contributed by atoms with E-state index in [9.17, 15) is 0 Å². The average molecular weight is 743 g/mol. The Labute approximate surface area is 334 Å². The molecular formula is C54H34N2S. The maximum atomic E-state index is 2.48. The Morgan fingerprint density at radius 1 is 0.386 bits per heavy atom. The van der Waals surface area contributed by atoms with Gasteiger partial charge in [0.15, 0.2) is 0 Å². The molecule has 0 atom stereocenters. The van der Waals surface area contributed by atoms with Crippen LogP contribution in [0.25, 0.3) is 92.2 Å². The van der Waals surface area contributed by atoms with Crippen LogP contribution in [-0.4, -0.2) is 4.57 Å². The molecule has 0 aliphatic heterocycles. The summed E-state index contributed by atoms with van der Waals surface area (Å²) >= 11 is 1.88. The molecule has 2 heterocycles. The number of hydrogen-bond donors (Lipinski definition) is 0. The highest BCUT2D eigenvalue weighted by Crippen LogP contribution is 2.54. The molecule has 2 nitrogen and oxygen atoms in total. The van der Waals surface area contributed by atoms with E-state index in [1.807, 2.05) is 11.3 Å². The van der Waals surface area contributed by atoms with E-state index in [2.05, 4.69) is 216 Å². The van der Waals surface area contributed by atoms with Crippen LogP contribution in [0.15, 0.2) is 206 Å². The van der Waals surface area contributed by atoms with Crippen LogP contribution in [-0.2, 0) is 0 Å². The molecule has 0 bridgehead atoms. The number of thiophene rings is 1. The summed E-state index contributed by atoms with van der Waals surface area (Å²) in [7, 11) is 0. The first kappa shape index (κ1) is 32.1. The molecule has 0 amide bonds. The molecule has 0 saturated heterocycles. The topological polar surface area (TPSA) is 8.17 Å². The van der Waals surface area contributed by atoms with E-state index < -0.39 is 0 Å². The van der Waals surface area contributed by atoms with Gasteiger partial charge in [-0.15, -0.1) is 11.3 Å². The van der Waals surface area contributed by atoms with Gasteiger partial charge in [0.1, 0.15) is 0 Å². The van der Waals surface area contributed by atoms with Crippen molar-refractivity contribution >= 4 is 70.2 Å². The Bertz CT molecular complexity index is 3280. The molecule has 0 radical (unpaired) electrons. The van der Waals surface area contributed by atoms with Crippen molar-refractivity contribution in [3.8, 4) is 50.3 Å². The molecule has 11 aromatic rings. The van der Waals surface area contributed by atoms with Crippen molar-refractivity contribution in [3.05, 3.63) is 206 Å². The number of anilines is 3. The minimum absolute atomic E-state index is 1.12. The fourth-order valence-corrected chi connectivity index (χ4v) is 10.3. The largest absolute Gasteiger partial charge is 0.311 e. The number of nitrogens with zero attached hydrogens (tertiary/aromatic N) is 2. The van der Waals surface area contributed by atoms with Gasteiger partial charge < -0.3 is 9.47 Å². The molecule has 1 aliphatic carbocycles. The Morgan fingerprint density at radius 2 is 1.02 bits per heavy atom. The van der Waals surface area contributed by atoms with Crippen molar-refractivity contribution in [1.82, 2.24) is 4.57 Å². The zero-order valence-electron chi connectivity index (χ0n) is 30.9. The van der Waals surface area contributed by atoms with Crippen LogP contribution < -0.4 is 4.90 Å². The smallest absolute Gasteiger partial charge is 0.0626 e. The van der Waals surface area contributed by atoms with E-state index in [-0.39, 0.29) is 0 Å². The first-order chi connectivity index (χ1) is 28.3. The van der Waals surface area contributed by atoms with Gasteiger partial charge in [-0.25, -0.2) is 0 Å². The Kier molecular flexibility index (Phi) is 7.13. The molecule has 0 N–H and O–H groups in total. The van der Waals surface area contributed by atoms with E-state index in [4.69, 9.17) is 0 Å². The first-order valence-corrected chi connectivity index (χ1v) is 20.3. The monoisotopic (exact) mass is 742 g/mol. The summed E-state index contributed by atoms with van der Waals surface area (Å²) in [6.45, 7) is 0. The van der Waals surface area contributed by atoms with E-state index in [1.54, 1.807) is 0 Å². The lowest BCUT2D eigenvalue weighted by molar-refractivity contribution is 1.14. The van der Waals surface area contributed by atoms with Crippen LogP contribution in [0.5, 0.6) is 0 Å². The van der Waals surface area contributed by atoms with Gasteiger partial charge in [-0.1, -0.05) is 121 Å². The average Bonchev–Trinajstić information content (AvgIpc) is 3.93. The summed E-state index contributed by atoms with van der Waals surface area (Å²) in [4.78, 5) is 2.32. The van der Waals surface area contributed by atoms with Gasteiger partial charge in [-0.3, -0.25) is 0 Å². The van der Waals surface area contributed by atoms with Crippen LogP contribution in [0.2, 0.25) is 0 Å². The molecule has 0 fully saturated rings. The number of para-hydroxylation sites is 3. The number of rotatable bonds is 6. The highest BCUT2D eigenvalue weighted by molar-refractivity contribution is 7.25. The summed E-state index contributed by atoms with van der Waals surface area (Å²) in [5.74, 6) is 0. The lowest BCUT2D eigenvalue weighted by atomic mass is 9.94. The van der Waals surface area contributed by atoms with E-state index >= 15 is 0 Å². The summed E-state index contributed by atoms with van der Waals surface area (Å²) in [5, 5.41) is 6.51. The molecular weight excluding hydrogens is 709 g/mol. The molecule has 1 aliphatic rings. The molecule has 266 valence electrons. The van der Waals surface area contributed by atoms with Gasteiger partial charge in [0, 0.05) is 59.4 Å². The van der Waals surface area contributed by atoms with Gasteiger partial charge >= 0.3 is 0 Å². The summed E-state index contributed by atoms with van der Waals surface area (Å²) < 4.78 is 5.14. The van der Waals surface area contributed by atoms with Gasteiger partial charge in [0.05, 0.1) is 11.2 Å². The van der Waals surface area contributed by atoms with Crippen LogP contribution in [0.3, 0.4) is 0 Å². The van der Waals surface area contributed by atoms with Crippen molar-refractivity contribution < 1.29 is 0 Å². The Morgan fingerprint density at radius 3 is 1.79 bits per heavy atom. The summed E-state index contributed by atoms with van der Waals surface area (Å²) in [6.07, 6.45) is 0. The lowest BCUT2D eigenvalue weighted by Crippen LogP contribution is -2.09. The van der Waals surface area contributed by atoms with Gasteiger partial charge in [-0.05, 0) is 124 Å². The number of fused-ring (bicyclic) bond motifs is 8. The van der Waals surface area contributed by atoms with E-state index in [1.165, 1.54) is 92.2 Å². The maximum absolute atomic E-state index is 2.48. The second kappa shape index (κ2) is 12.7. The van der Waals surface area contributed by atoms with Crippen LogP contribution >= 0.6 is 11.3 Å². The van der Waals surface area contributed by atoms with Gasteiger partial charge in [0.2, 0.25) is 0 Å². The second-order valence-electron chi connectivity index (χ2n) is 14.9. The predicted octanol–water partition coefficient (Wildman–Crippen LogP) is 15.6. The Balaban J connectivity index is 1.03. The molecule has 0 unspecified atom stereocenters. The van der Waals surface area contributed by atoms with Crippen molar-refractivity contribution in [2.24, 2.45) is 0 Å². The zero-order chi connectivity index (χ0) is 37.5. The first-order valence-electron chi connectivity index (χ1n) is 19.5. The fraction of sp³-hybridized carbons (Fsp3) is 0. The third-order valence-corrected chi connectivity index (χ3v) is 12.8. The molecule has 2 aromatic heterocycles. The van der Waals surface area contributed by atoms with Crippen LogP contribution in [0.4, 0.5) is 17.1 Å². The van der Waals surface area contributed by atoms with Crippen LogP contribution in [0, 0.1) is 0 Å². The van der Waals surface area contributed by atoms with Crippen molar-refractivity contribution in [3.63, 3.8) is 0 Å². The van der Waals surface area contributed by atoms with Crippen LogP contribution in [0.1, 0.15) is 0 Å². The zero-order valence-corrected chi connectivity index (χ0v) is 31.7. The highest BCUT2D eigenvalue weighted by atomic mass is 32.1. The predicted molar refractivity (Wildman–Crippen MR) is 244 cm³/mol. The normalized spacial score (nSPS) is 11.9. The minimum Gasteiger partial charge on any atom is -0.311 e. The second-order valence-corrected chi connectivity index (χ2v) is 16.0. The van der Waals surface area contributed by atoms with Crippen molar-refractivity contribution in [1.29, 1.82) is 0 Å².